The Morgan fingerprint density at radius 2 is 1.69 bits per heavy atom. The zero-order valence-electron chi connectivity index (χ0n) is 8.27. The lowest BCUT2D eigenvalue weighted by Gasteiger charge is -1.94. The van der Waals surface area contributed by atoms with E-state index in [2.05, 4.69) is 9.97 Å². The Morgan fingerprint density at radius 3 is 2.38 bits per heavy atom. The fraction of sp³-hybridized carbons (Fsp3) is 0. The molecule has 0 saturated carbocycles. The van der Waals surface area contributed by atoms with Gasteiger partial charge in [-0.1, -0.05) is 29.8 Å². The standard InChI is InChI=1S/C12H8Cl2N2/c13-10-4-1-9(2-5-10)3-6-11-7-8-15-12(14)16-11/h1-8H/b6-3+. The summed E-state index contributed by atoms with van der Waals surface area (Å²) in [6.45, 7) is 0. The molecule has 0 amide bonds. The van der Waals surface area contributed by atoms with Crippen molar-refractivity contribution >= 4 is 35.4 Å². The summed E-state index contributed by atoms with van der Waals surface area (Å²) < 4.78 is 0. The molecule has 0 aliphatic carbocycles. The highest BCUT2D eigenvalue weighted by molar-refractivity contribution is 6.30. The highest BCUT2D eigenvalue weighted by atomic mass is 35.5. The van der Waals surface area contributed by atoms with Crippen molar-refractivity contribution in [2.45, 2.75) is 0 Å². The van der Waals surface area contributed by atoms with Gasteiger partial charge in [-0.05, 0) is 41.4 Å². The van der Waals surface area contributed by atoms with Crippen molar-refractivity contribution in [1.82, 2.24) is 9.97 Å². The zero-order valence-corrected chi connectivity index (χ0v) is 9.78. The Balaban J connectivity index is 2.18. The summed E-state index contributed by atoms with van der Waals surface area (Å²) >= 11 is 11.5. The molecule has 0 spiro atoms. The lowest BCUT2D eigenvalue weighted by molar-refractivity contribution is 1.15. The van der Waals surface area contributed by atoms with Crippen molar-refractivity contribution in [2.24, 2.45) is 0 Å². The van der Waals surface area contributed by atoms with Crippen LogP contribution in [-0.2, 0) is 0 Å². The summed E-state index contributed by atoms with van der Waals surface area (Å²) in [6.07, 6.45) is 5.43. The average molecular weight is 251 g/mol. The monoisotopic (exact) mass is 250 g/mol. The van der Waals surface area contributed by atoms with E-state index in [1.54, 1.807) is 12.3 Å². The van der Waals surface area contributed by atoms with Crippen LogP contribution in [-0.4, -0.2) is 9.97 Å². The van der Waals surface area contributed by atoms with E-state index in [9.17, 15) is 0 Å². The summed E-state index contributed by atoms with van der Waals surface area (Å²) in [5, 5.41) is 0.973. The summed E-state index contributed by atoms with van der Waals surface area (Å²) in [5.41, 5.74) is 1.83. The van der Waals surface area contributed by atoms with Gasteiger partial charge in [0.15, 0.2) is 0 Å². The van der Waals surface area contributed by atoms with E-state index < -0.39 is 0 Å². The number of hydrogen-bond acceptors (Lipinski definition) is 2. The normalized spacial score (nSPS) is 10.9. The van der Waals surface area contributed by atoms with Crippen LogP contribution in [0.4, 0.5) is 0 Å². The first-order valence-corrected chi connectivity index (χ1v) is 5.42. The van der Waals surface area contributed by atoms with Gasteiger partial charge in [-0.15, -0.1) is 0 Å². The van der Waals surface area contributed by atoms with Crippen LogP contribution in [0.1, 0.15) is 11.3 Å². The van der Waals surface area contributed by atoms with Crippen LogP contribution in [0.25, 0.3) is 12.2 Å². The minimum atomic E-state index is 0.248. The molecular formula is C12H8Cl2N2. The molecule has 0 atom stereocenters. The zero-order chi connectivity index (χ0) is 11.4. The molecule has 1 aromatic heterocycles. The van der Waals surface area contributed by atoms with Gasteiger partial charge in [-0.2, -0.15) is 0 Å². The Bertz CT molecular complexity index is 507. The molecule has 1 heterocycles. The first kappa shape index (κ1) is 11.1. The molecule has 0 radical (unpaired) electrons. The van der Waals surface area contributed by atoms with Crippen molar-refractivity contribution in [3.8, 4) is 0 Å². The first-order valence-electron chi connectivity index (χ1n) is 4.66. The van der Waals surface area contributed by atoms with Crippen molar-refractivity contribution in [2.75, 3.05) is 0 Å². The van der Waals surface area contributed by atoms with Gasteiger partial charge in [0.05, 0.1) is 5.69 Å². The number of hydrogen-bond donors (Lipinski definition) is 0. The Hall–Kier alpha value is -1.38. The fourth-order valence-corrected chi connectivity index (χ4v) is 1.48. The molecule has 0 N–H and O–H groups in total. The SMILES string of the molecule is Clc1ccc(/C=C/c2ccnc(Cl)n2)cc1. The van der Waals surface area contributed by atoms with E-state index in [0.29, 0.717) is 0 Å². The molecule has 2 rings (SSSR count). The summed E-state index contributed by atoms with van der Waals surface area (Å²) in [4.78, 5) is 7.86. The van der Waals surface area contributed by atoms with E-state index in [4.69, 9.17) is 23.2 Å². The van der Waals surface area contributed by atoms with E-state index >= 15 is 0 Å². The quantitative estimate of drug-likeness (QED) is 0.755. The van der Waals surface area contributed by atoms with E-state index in [1.165, 1.54) is 0 Å². The maximum absolute atomic E-state index is 5.79. The van der Waals surface area contributed by atoms with E-state index in [1.807, 2.05) is 36.4 Å². The molecule has 0 aliphatic rings. The summed E-state index contributed by atoms with van der Waals surface area (Å²) in [6, 6.07) is 9.34. The third kappa shape index (κ3) is 3.05. The Kier molecular flexibility index (Phi) is 3.54. The molecule has 0 unspecified atom stereocenters. The molecule has 0 saturated heterocycles. The molecule has 16 heavy (non-hydrogen) atoms. The predicted molar refractivity (Wildman–Crippen MR) is 67.4 cm³/mol. The Labute approximate surface area is 104 Å². The second-order valence-corrected chi connectivity index (χ2v) is 3.91. The van der Waals surface area contributed by atoms with Gasteiger partial charge in [0.2, 0.25) is 5.28 Å². The largest absolute Gasteiger partial charge is 0.226 e. The lowest BCUT2D eigenvalue weighted by Crippen LogP contribution is -1.83. The topological polar surface area (TPSA) is 25.8 Å². The van der Waals surface area contributed by atoms with E-state index in [0.717, 1.165) is 16.3 Å². The second-order valence-electron chi connectivity index (χ2n) is 3.14. The van der Waals surface area contributed by atoms with Gasteiger partial charge >= 0.3 is 0 Å². The third-order valence-electron chi connectivity index (χ3n) is 1.96. The molecule has 0 bridgehead atoms. The van der Waals surface area contributed by atoms with Gasteiger partial charge in [0.1, 0.15) is 0 Å². The van der Waals surface area contributed by atoms with Crippen LogP contribution < -0.4 is 0 Å². The predicted octanol–water partition coefficient (Wildman–Crippen LogP) is 3.95. The van der Waals surface area contributed by atoms with Crippen LogP contribution in [0.2, 0.25) is 10.3 Å². The molecule has 4 heteroatoms. The summed E-state index contributed by atoms with van der Waals surface area (Å²) in [7, 11) is 0. The summed E-state index contributed by atoms with van der Waals surface area (Å²) in [5.74, 6) is 0. The van der Waals surface area contributed by atoms with Crippen molar-refractivity contribution in [1.29, 1.82) is 0 Å². The number of aromatic nitrogens is 2. The van der Waals surface area contributed by atoms with Gasteiger partial charge in [0.25, 0.3) is 0 Å². The third-order valence-corrected chi connectivity index (χ3v) is 2.40. The molecule has 0 fully saturated rings. The van der Waals surface area contributed by atoms with Gasteiger partial charge in [-0.25, -0.2) is 9.97 Å². The van der Waals surface area contributed by atoms with Crippen molar-refractivity contribution < 1.29 is 0 Å². The maximum atomic E-state index is 5.79. The van der Waals surface area contributed by atoms with Crippen molar-refractivity contribution in [3.63, 3.8) is 0 Å². The maximum Gasteiger partial charge on any atom is 0.222 e. The van der Waals surface area contributed by atoms with Crippen LogP contribution in [0.5, 0.6) is 0 Å². The highest BCUT2D eigenvalue weighted by Gasteiger charge is 1.92. The number of benzene rings is 1. The number of rotatable bonds is 2. The second kappa shape index (κ2) is 5.10. The van der Waals surface area contributed by atoms with Crippen LogP contribution in [0.3, 0.4) is 0 Å². The van der Waals surface area contributed by atoms with Gasteiger partial charge in [-0.3, -0.25) is 0 Å². The molecule has 80 valence electrons. The first-order chi connectivity index (χ1) is 7.74. The molecule has 0 aliphatic heterocycles. The lowest BCUT2D eigenvalue weighted by atomic mass is 10.2. The molecule has 1 aromatic carbocycles. The molecule has 2 aromatic rings. The fourth-order valence-electron chi connectivity index (χ4n) is 1.20. The average Bonchev–Trinajstić information content (AvgIpc) is 2.28. The highest BCUT2D eigenvalue weighted by Crippen LogP contribution is 2.12. The molecule has 2 nitrogen and oxygen atoms in total. The minimum absolute atomic E-state index is 0.248. The smallest absolute Gasteiger partial charge is 0.222 e. The van der Waals surface area contributed by atoms with E-state index in [-0.39, 0.29) is 5.28 Å². The van der Waals surface area contributed by atoms with Crippen LogP contribution in [0.15, 0.2) is 36.5 Å². The van der Waals surface area contributed by atoms with Crippen LogP contribution >= 0.6 is 23.2 Å². The minimum Gasteiger partial charge on any atom is -0.226 e. The van der Waals surface area contributed by atoms with Gasteiger partial charge < -0.3 is 0 Å². The van der Waals surface area contributed by atoms with Crippen LogP contribution in [0, 0.1) is 0 Å². The van der Waals surface area contributed by atoms with Crippen molar-refractivity contribution in [3.05, 3.63) is 58.1 Å². The number of nitrogens with zero attached hydrogens (tertiary/aromatic N) is 2. The number of halogens is 2. The molecular weight excluding hydrogens is 243 g/mol. The Morgan fingerprint density at radius 1 is 0.938 bits per heavy atom. The van der Waals surface area contributed by atoms with Gasteiger partial charge in [0, 0.05) is 11.2 Å².